The van der Waals surface area contributed by atoms with Crippen LogP contribution in [0.15, 0.2) is 35.3 Å². The third kappa shape index (κ3) is 4.89. The van der Waals surface area contributed by atoms with Crippen LogP contribution < -0.4 is 10.6 Å². The van der Waals surface area contributed by atoms with Crippen molar-refractivity contribution in [3.05, 3.63) is 35.9 Å². The highest BCUT2D eigenvalue weighted by atomic mass is 15.2. The number of aliphatic imine (C=N–C) groups is 1. The highest BCUT2D eigenvalue weighted by Crippen LogP contribution is 2.12. The fraction of sp³-hybridized carbons (Fsp3) is 0.500. The second-order valence-corrected chi connectivity index (χ2v) is 4.19. The van der Waals surface area contributed by atoms with Crippen LogP contribution in [0.5, 0.6) is 0 Å². The first-order valence-electron chi connectivity index (χ1n) is 6.27. The van der Waals surface area contributed by atoms with E-state index < -0.39 is 0 Å². The van der Waals surface area contributed by atoms with Crippen molar-refractivity contribution < 1.29 is 0 Å². The van der Waals surface area contributed by atoms with Crippen LogP contribution in [0.1, 0.15) is 31.7 Å². The molecule has 1 rings (SSSR count). The third-order valence-electron chi connectivity index (χ3n) is 2.71. The SMILES string of the molecule is CCCNC(=NC)NCC(C)c1ccccc1. The van der Waals surface area contributed by atoms with Crippen LogP contribution in [0, 0.1) is 0 Å². The van der Waals surface area contributed by atoms with Crippen LogP contribution in [0.25, 0.3) is 0 Å². The molecule has 0 aliphatic rings. The van der Waals surface area contributed by atoms with Crippen molar-refractivity contribution in [1.29, 1.82) is 0 Å². The van der Waals surface area contributed by atoms with Gasteiger partial charge in [-0.05, 0) is 17.9 Å². The van der Waals surface area contributed by atoms with E-state index >= 15 is 0 Å². The van der Waals surface area contributed by atoms with Crippen LogP contribution in [0.4, 0.5) is 0 Å². The van der Waals surface area contributed by atoms with Crippen LogP contribution in [-0.2, 0) is 0 Å². The van der Waals surface area contributed by atoms with Gasteiger partial charge in [-0.1, -0.05) is 44.2 Å². The summed E-state index contributed by atoms with van der Waals surface area (Å²) in [6.45, 7) is 6.22. The zero-order valence-corrected chi connectivity index (χ0v) is 11.0. The highest BCUT2D eigenvalue weighted by molar-refractivity contribution is 5.79. The summed E-state index contributed by atoms with van der Waals surface area (Å²) >= 11 is 0. The van der Waals surface area contributed by atoms with Gasteiger partial charge in [0.1, 0.15) is 0 Å². The lowest BCUT2D eigenvalue weighted by molar-refractivity contribution is 0.696. The highest BCUT2D eigenvalue weighted by Gasteiger charge is 2.05. The normalized spacial score (nSPS) is 13.2. The Labute approximate surface area is 104 Å². The van der Waals surface area contributed by atoms with Crippen molar-refractivity contribution in [3.8, 4) is 0 Å². The van der Waals surface area contributed by atoms with Gasteiger partial charge in [0, 0.05) is 20.1 Å². The van der Waals surface area contributed by atoms with Gasteiger partial charge in [-0.3, -0.25) is 4.99 Å². The van der Waals surface area contributed by atoms with E-state index in [-0.39, 0.29) is 0 Å². The van der Waals surface area contributed by atoms with Crippen molar-refractivity contribution in [2.75, 3.05) is 20.1 Å². The first-order chi connectivity index (χ1) is 8.27. The molecule has 1 unspecified atom stereocenters. The van der Waals surface area contributed by atoms with Gasteiger partial charge in [0.2, 0.25) is 0 Å². The summed E-state index contributed by atoms with van der Waals surface area (Å²) in [6, 6.07) is 10.5. The summed E-state index contributed by atoms with van der Waals surface area (Å²) < 4.78 is 0. The summed E-state index contributed by atoms with van der Waals surface area (Å²) in [5, 5.41) is 6.61. The molecular formula is C14H23N3. The van der Waals surface area contributed by atoms with Gasteiger partial charge in [-0.2, -0.15) is 0 Å². The van der Waals surface area contributed by atoms with Crippen LogP contribution in [0.3, 0.4) is 0 Å². The summed E-state index contributed by atoms with van der Waals surface area (Å²) in [6.07, 6.45) is 1.11. The molecule has 0 amide bonds. The Hall–Kier alpha value is -1.51. The maximum Gasteiger partial charge on any atom is 0.190 e. The van der Waals surface area contributed by atoms with Gasteiger partial charge in [-0.15, -0.1) is 0 Å². The van der Waals surface area contributed by atoms with E-state index in [1.54, 1.807) is 7.05 Å². The standard InChI is InChI=1S/C14H23N3/c1-4-10-16-14(15-3)17-11-12(2)13-8-6-5-7-9-13/h5-9,12H,4,10-11H2,1-3H3,(H2,15,16,17). The van der Waals surface area contributed by atoms with E-state index in [4.69, 9.17) is 0 Å². The van der Waals surface area contributed by atoms with Crippen LogP contribution in [0.2, 0.25) is 0 Å². The minimum absolute atomic E-state index is 0.483. The Morgan fingerprint density at radius 1 is 1.24 bits per heavy atom. The molecule has 94 valence electrons. The molecule has 0 saturated carbocycles. The first kappa shape index (κ1) is 13.6. The third-order valence-corrected chi connectivity index (χ3v) is 2.71. The Bertz CT molecular complexity index is 333. The lowest BCUT2D eigenvalue weighted by atomic mass is 10.0. The minimum atomic E-state index is 0.483. The molecule has 0 fully saturated rings. The van der Waals surface area contributed by atoms with E-state index in [2.05, 4.69) is 53.7 Å². The Morgan fingerprint density at radius 2 is 1.94 bits per heavy atom. The maximum absolute atomic E-state index is 4.19. The molecule has 3 heteroatoms. The average Bonchev–Trinajstić information content (AvgIpc) is 2.39. The van der Waals surface area contributed by atoms with Gasteiger partial charge in [0.25, 0.3) is 0 Å². The fourth-order valence-electron chi connectivity index (χ4n) is 1.61. The molecule has 1 aromatic rings. The molecular weight excluding hydrogens is 210 g/mol. The van der Waals surface area contributed by atoms with Crippen molar-refractivity contribution in [2.24, 2.45) is 4.99 Å². The summed E-state index contributed by atoms with van der Waals surface area (Å²) in [4.78, 5) is 4.19. The van der Waals surface area contributed by atoms with Gasteiger partial charge in [0.15, 0.2) is 5.96 Å². The van der Waals surface area contributed by atoms with E-state index in [9.17, 15) is 0 Å². The molecule has 0 heterocycles. The van der Waals surface area contributed by atoms with Gasteiger partial charge < -0.3 is 10.6 Å². The maximum atomic E-state index is 4.19. The molecule has 3 nitrogen and oxygen atoms in total. The summed E-state index contributed by atoms with van der Waals surface area (Å²) in [7, 11) is 1.80. The predicted molar refractivity (Wildman–Crippen MR) is 74.5 cm³/mol. The molecule has 0 aliphatic heterocycles. The van der Waals surface area contributed by atoms with Crippen molar-refractivity contribution in [2.45, 2.75) is 26.2 Å². The second kappa shape index (κ2) is 7.71. The summed E-state index contributed by atoms with van der Waals surface area (Å²) in [5.41, 5.74) is 1.35. The molecule has 1 atom stereocenters. The van der Waals surface area contributed by atoms with Gasteiger partial charge in [-0.25, -0.2) is 0 Å². The lowest BCUT2D eigenvalue weighted by Crippen LogP contribution is -2.39. The van der Waals surface area contributed by atoms with Crippen LogP contribution >= 0.6 is 0 Å². The average molecular weight is 233 g/mol. The topological polar surface area (TPSA) is 36.4 Å². The minimum Gasteiger partial charge on any atom is -0.356 e. The van der Waals surface area contributed by atoms with E-state index in [0.717, 1.165) is 25.5 Å². The van der Waals surface area contributed by atoms with E-state index in [0.29, 0.717) is 5.92 Å². The van der Waals surface area contributed by atoms with Crippen molar-refractivity contribution >= 4 is 5.96 Å². The van der Waals surface area contributed by atoms with E-state index in [1.165, 1.54) is 5.56 Å². The predicted octanol–water partition coefficient (Wildman–Crippen LogP) is 2.37. The van der Waals surface area contributed by atoms with Crippen LogP contribution in [-0.4, -0.2) is 26.1 Å². The molecule has 1 aromatic carbocycles. The Morgan fingerprint density at radius 3 is 2.53 bits per heavy atom. The van der Waals surface area contributed by atoms with Gasteiger partial charge >= 0.3 is 0 Å². The zero-order chi connectivity index (χ0) is 12.5. The molecule has 0 aliphatic carbocycles. The monoisotopic (exact) mass is 233 g/mol. The molecule has 0 spiro atoms. The molecule has 17 heavy (non-hydrogen) atoms. The first-order valence-corrected chi connectivity index (χ1v) is 6.27. The van der Waals surface area contributed by atoms with Crippen molar-refractivity contribution in [3.63, 3.8) is 0 Å². The van der Waals surface area contributed by atoms with E-state index in [1.807, 2.05) is 6.07 Å². The molecule has 0 radical (unpaired) electrons. The molecule has 0 bridgehead atoms. The number of benzene rings is 1. The Kier molecular flexibility index (Phi) is 6.15. The second-order valence-electron chi connectivity index (χ2n) is 4.19. The molecule has 2 N–H and O–H groups in total. The Balaban J connectivity index is 2.39. The smallest absolute Gasteiger partial charge is 0.190 e. The number of guanidine groups is 1. The number of rotatable bonds is 5. The van der Waals surface area contributed by atoms with Crippen molar-refractivity contribution in [1.82, 2.24) is 10.6 Å². The summed E-state index contributed by atoms with van der Waals surface area (Å²) in [5.74, 6) is 1.37. The molecule has 0 aromatic heterocycles. The number of hydrogen-bond acceptors (Lipinski definition) is 1. The number of hydrogen-bond donors (Lipinski definition) is 2. The number of nitrogens with zero attached hydrogens (tertiary/aromatic N) is 1. The lowest BCUT2D eigenvalue weighted by Gasteiger charge is -2.16. The number of nitrogens with one attached hydrogen (secondary N) is 2. The zero-order valence-electron chi connectivity index (χ0n) is 11.0. The van der Waals surface area contributed by atoms with Gasteiger partial charge in [0.05, 0.1) is 0 Å². The fourth-order valence-corrected chi connectivity index (χ4v) is 1.61. The molecule has 0 saturated heterocycles. The largest absolute Gasteiger partial charge is 0.356 e. The quantitative estimate of drug-likeness (QED) is 0.605.